The molecule has 0 spiro atoms. The van der Waals surface area contributed by atoms with Gasteiger partial charge in [-0.2, -0.15) is 8.42 Å². The molecule has 0 bridgehead atoms. The molecule has 24 heavy (non-hydrogen) atoms. The van der Waals surface area contributed by atoms with Gasteiger partial charge >= 0.3 is 10.1 Å². The standard InChI is InChI=1S/C18H22O5S/c1-13-6-5-7-18(15(13)3)23-24(19,20)16-8-9-17(14(2)12-16)22-11-10-21-4/h5-9,12H,10-11H2,1-4H3. The lowest BCUT2D eigenvalue weighted by atomic mass is 10.1. The smallest absolute Gasteiger partial charge is 0.339 e. The van der Waals surface area contributed by atoms with Crippen LogP contribution in [-0.2, 0) is 14.9 Å². The molecule has 0 heterocycles. The summed E-state index contributed by atoms with van der Waals surface area (Å²) >= 11 is 0. The van der Waals surface area contributed by atoms with Crippen LogP contribution in [0.15, 0.2) is 41.3 Å². The van der Waals surface area contributed by atoms with E-state index in [0.29, 0.717) is 24.7 Å². The van der Waals surface area contributed by atoms with Crippen molar-refractivity contribution in [2.24, 2.45) is 0 Å². The first kappa shape index (κ1) is 18.3. The van der Waals surface area contributed by atoms with Crippen molar-refractivity contribution in [1.82, 2.24) is 0 Å². The van der Waals surface area contributed by atoms with Crippen LogP contribution in [0.4, 0.5) is 0 Å². The van der Waals surface area contributed by atoms with Crippen LogP contribution in [0, 0.1) is 20.8 Å². The molecule has 0 atom stereocenters. The first-order valence-corrected chi connectivity index (χ1v) is 8.99. The number of hydrogen-bond acceptors (Lipinski definition) is 5. The van der Waals surface area contributed by atoms with Gasteiger partial charge in [0, 0.05) is 7.11 Å². The second-order valence-electron chi connectivity index (χ2n) is 5.50. The van der Waals surface area contributed by atoms with Gasteiger partial charge in [0.05, 0.1) is 6.61 Å². The van der Waals surface area contributed by atoms with Crippen molar-refractivity contribution in [3.05, 3.63) is 53.1 Å². The lowest BCUT2D eigenvalue weighted by molar-refractivity contribution is 0.146. The van der Waals surface area contributed by atoms with E-state index in [1.165, 1.54) is 6.07 Å². The van der Waals surface area contributed by atoms with Crippen molar-refractivity contribution >= 4 is 10.1 Å². The van der Waals surface area contributed by atoms with Gasteiger partial charge in [-0.15, -0.1) is 0 Å². The van der Waals surface area contributed by atoms with Gasteiger partial charge in [0.25, 0.3) is 0 Å². The molecule has 2 aromatic rings. The lowest BCUT2D eigenvalue weighted by Crippen LogP contribution is -2.11. The molecule has 0 saturated carbocycles. The fourth-order valence-electron chi connectivity index (χ4n) is 2.16. The van der Waals surface area contributed by atoms with Crippen LogP contribution in [0.2, 0.25) is 0 Å². The van der Waals surface area contributed by atoms with Crippen LogP contribution in [0.25, 0.3) is 0 Å². The van der Waals surface area contributed by atoms with Gasteiger partial charge < -0.3 is 13.7 Å². The average molecular weight is 350 g/mol. The Balaban J connectivity index is 2.23. The third kappa shape index (κ3) is 4.27. The van der Waals surface area contributed by atoms with E-state index in [2.05, 4.69) is 0 Å². The maximum atomic E-state index is 12.5. The summed E-state index contributed by atoms with van der Waals surface area (Å²) in [6.45, 7) is 6.40. The molecular weight excluding hydrogens is 328 g/mol. The van der Waals surface area contributed by atoms with Gasteiger partial charge in [-0.1, -0.05) is 12.1 Å². The fraction of sp³-hybridized carbons (Fsp3) is 0.333. The lowest BCUT2D eigenvalue weighted by Gasteiger charge is -2.13. The summed E-state index contributed by atoms with van der Waals surface area (Å²) in [6.07, 6.45) is 0. The van der Waals surface area contributed by atoms with Crippen LogP contribution in [0.5, 0.6) is 11.5 Å². The molecule has 0 aromatic heterocycles. The number of methoxy groups -OCH3 is 1. The summed E-state index contributed by atoms with van der Waals surface area (Å²) in [4.78, 5) is 0.0972. The highest BCUT2D eigenvalue weighted by Gasteiger charge is 2.19. The second kappa shape index (κ2) is 7.68. The molecule has 6 heteroatoms. The molecule has 0 radical (unpaired) electrons. The molecule has 130 valence electrons. The molecule has 0 aliphatic rings. The van der Waals surface area contributed by atoms with E-state index in [1.807, 2.05) is 19.9 Å². The summed E-state index contributed by atoms with van der Waals surface area (Å²) in [7, 11) is -2.30. The Morgan fingerprint density at radius 1 is 0.917 bits per heavy atom. The quantitative estimate of drug-likeness (QED) is 0.566. The van der Waals surface area contributed by atoms with Crippen LogP contribution < -0.4 is 8.92 Å². The molecule has 2 rings (SSSR count). The minimum absolute atomic E-state index is 0.0972. The number of aryl methyl sites for hydroxylation is 2. The van der Waals surface area contributed by atoms with Gasteiger partial charge in [0.2, 0.25) is 0 Å². The Morgan fingerprint density at radius 3 is 2.33 bits per heavy atom. The molecule has 5 nitrogen and oxygen atoms in total. The van der Waals surface area contributed by atoms with E-state index in [0.717, 1.165) is 16.7 Å². The summed E-state index contributed by atoms with van der Waals surface area (Å²) in [6, 6.07) is 9.98. The fourth-order valence-corrected chi connectivity index (χ4v) is 3.22. The van der Waals surface area contributed by atoms with Gasteiger partial charge in [0.15, 0.2) is 0 Å². The summed E-state index contributed by atoms with van der Waals surface area (Å²) in [5.41, 5.74) is 2.50. The average Bonchev–Trinajstić information content (AvgIpc) is 2.53. The summed E-state index contributed by atoms with van der Waals surface area (Å²) < 4.78 is 40.8. The highest BCUT2D eigenvalue weighted by atomic mass is 32.2. The minimum atomic E-state index is -3.90. The van der Waals surface area contributed by atoms with Crippen molar-refractivity contribution in [3.8, 4) is 11.5 Å². The Labute approximate surface area is 143 Å². The molecule has 2 aromatic carbocycles. The third-order valence-corrected chi connectivity index (χ3v) is 4.96. The van der Waals surface area contributed by atoms with E-state index < -0.39 is 10.1 Å². The highest BCUT2D eigenvalue weighted by Crippen LogP contribution is 2.27. The highest BCUT2D eigenvalue weighted by molar-refractivity contribution is 7.87. The maximum Gasteiger partial charge on any atom is 0.339 e. The van der Waals surface area contributed by atoms with E-state index in [1.54, 1.807) is 38.3 Å². The zero-order chi connectivity index (χ0) is 17.7. The van der Waals surface area contributed by atoms with E-state index >= 15 is 0 Å². The van der Waals surface area contributed by atoms with Gasteiger partial charge in [0.1, 0.15) is 23.0 Å². The number of ether oxygens (including phenoxy) is 2. The predicted molar refractivity (Wildman–Crippen MR) is 92.3 cm³/mol. The number of benzene rings is 2. The molecule has 0 amide bonds. The SMILES string of the molecule is COCCOc1ccc(S(=O)(=O)Oc2cccc(C)c2C)cc1C. The largest absolute Gasteiger partial charge is 0.491 e. The predicted octanol–water partition coefficient (Wildman–Crippen LogP) is 3.40. The van der Waals surface area contributed by atoms with Crippen molar-refractivity contribution in [2.75, 3.05) is 20.3 Å². The van der Waals surface area contributed by atoms with E-state index in [-0.39, 0.29) is 4.90 Å². The Bertz CT molecular complexity index is 812. The van der Waals surface area contributed by atoms with Crippen LogP contribution >= 0.6 is 0 Å². The number of hydrogen-bond donors (Lipinski definition) is 0. The monoisotopic (exact) mass is 350 g/mol. The zero-order valence-electron chi connectivity index (χ0n) is 14.3. The van der Waals surface area contributed by atoms with E-state index in [4.69, 9.17) is 13.7 Å². The topological polar surface area (TPSA) is 61.8 Å². The summed E-state index contributed by atoms with van der Waals surface area (Å²) in [5.74, 6) is 0.964. The Hall–Kier alpha value is -2.05. The normalized spacial score (nSPS) is 11.3. The van der Waals surface area contributed by atoms with Crippen molar-refractivity contribution in [3.63, 3.8) is 0 Å². The first-order chi connectivity index (χ1) is 11.3. The van der Waals surface area contributed by atoms with Crippen molar-refractivity contribution < 1.29 is 22.1 Å². The number of rotatable bonds is 7. The van der Waals surface area contributed by atoms with Gasteiger partial charge in [-0.05, 0) is 61.7 Å². The van der Waals surface area contributed by atoms with Gasteiger partial charge in [-0.3, -0.25) is 0 Å². The zero-order valence-corrected chi connectivity index (χ0v) is 15.1. The molecule has 0 unspecified atom stereocenters. The molecule has 0 N–H and O–H groups in total. The summed E-state index contributed by atoms with van der Waals surface area (Å²) in [5, 5.41) is 0. The van der Waals surface area contributed by atoms with E-state index in [9.17, 15) is 8.42 Å². The molecule has 0 saturated heterocycles. The first-order valence-electron chi connectivity index (χ1n) is 7.58. The van der Waals surface area contributed by atoms with Crippen LogP contribution in [0.1, 0.15) is 16.7 Å². The second-order valence-corrected chi connectivity index (χ2v) is 7.05. The van der Waals surface area contributed by atoms with Crippen LogP contribution in [0.3, 0.4) is 0 Å². The van der Waals surface area contributed by atoms with Gasteiger partial charge in [-0.25, -0.2) is 0 Å². The molecule has 0 aliphatic heterocycles. The Kier molecular flexibility index (Phi) is 5.85. The molecule has 0 aliphatic carbocycles. The minimum Gasteiger partial charge on any atom is -0.491 e. The maximum absolute atomic E-state index is 12.5. The van der Waals surface area contributed by atoms with Crippen LogP contribution in [-0.4, -0.2) is 28.7 Å². The molecular formula is C18H22O5S. The third-order valence-electron chi connectivity index (χ3n) is 3.73. The van der Waals surface area contributed by atoms with Crippen molar-refractivity contribution in [1.29, 1.82) is 0 Å². The van der Waals surface area contributed by atoms with Crippen molar-refractivity contribution in [2.45, 2.75) is 25.7 Å². The molecule has 0 fully saturated rings. The Morgan fingerprint density at radius 2 is 1.67 bits per heavy atom.